The van der Waals surface area contributed by atoms with E-state index in [2.05, 4.69) is 19.9 Å². The molecule has 0 aliphatic rings. The van der Waals surface area contributed by atoms with E-state index in [0.29, 0.717) is 11.0 Å². The highest BCUT2D eigenvalue weighted by molar-refractivity contribution is 7.99. The minimum atomic E-state index is -0.305. The van der Waals surface area contributed by atoms with Crippen LogP contribution in [0.2, 0.25) is 0 Å². The Bertz CT molecular complexity index is 554. The van der Waals surface area contributed by atoms with E-state index in [1.807, 2.05) is 24.3 Å². The topological polar surface area (TPSA) is 77.1 Å². The van der Waals surface area contributed by atoms with Gasteiger partial charge in [0.15, 0.2) is 5.82 Å². The molecule has 2 aromatic rings. The molecule has 7 heteroatoms. The Labute approximate surface area is 114 Å². The van der Waals surface area contributed by atoms with Crippen LogP contribution >= 0.6 is 11.8 Å². The number of benzene rings is 1. The molecule has 1 aromatic heterocycles. The molecule has 0 fully saturated rings. The van der Waals surface area contributed by atoms with E-state index >= 15 is 0 Å². The molecule has 0 saturated heterocycles. The van der Waals surface area contributed by atoms with Crippen LogP contribution in [-0.2, 0) is 9.53 Å². The Balaban J connectivity index is 2.05. The summed E-state index contributed by atoms with van der Waals surface area (Å²) in [4.78, 5) is 15.3. The van der Waals surface area contributed by atoms with Gasteiger partial charge in [0.05, 0.1) is 20.0 Å². The van der Waals surface area contributed by atoms with Gasteiger partial charge in [-0.25, -0.2) is 4.98 Å². The van der Waals surface area contributed by atoms with Gasteiger partial charge >= 0.3 is 5.97 Å². The minimum Gasteiger partial charge on any atom is -0.497 e. The van der Waals surface area contributed by atoms with E-state index in [9.17, 15) is 4.79 Å². The standard InChI is InChI=1S/C12H13N3O3S/c1-17-9-5-3-8(4-6-9)11-13-12(15-14-11)19-7-10(16)18-2/h3-6H,7H2,1-2H3,(H,13,14,15). The van der Waals surface area contributed by atoms with E-state index in [-0.39, 0.29) is 11.7 Å². The summed E-state index contributed by atoms with van der Waals surface area (Å²) in [5, 5.41) is 7.37. The first-order valence-electron chi connectivity index (χ1n) is 5.49. The van der Waals surface area contributed by atoms with Crippen LogP contribution in [0.1, 0.15) is 0 Å². The number of rotatable bonds is 5. The number of aromatic amines is 1. The maximum atomic E-state index is 11.0. The van der Waals surface area contributed by atoms with Gasteiger partial charge in [-0.15, -0.1) is 5.10 Å². The van der Waals surface area contributed by atoms with Crippen LogP contribution in [0.25, 0.3) is 11.4 Å². The molecular weight excluding hydrogens is 266 g/mol. The Morgan fingerprint density at radius 3 is 2.68 bits per heavy atom. The lowest BCUT2D eigenvalue weighted by atomic mass is 10.2. The lowest BCUT2D eigenvalue weighted by Gasteiger charge is -1.99. The largest absolute Gasteiger partial charge is 0.497 e. The van der Waals surface area contributed by atoms with Crippen LogP contribution in [0.5, 0.6) is 5.75 Å². The van der Waals surface area contributed by atoms with E-state index < -0.39 is 0 Å². The van der Waals surface area contributed by atoms with Crippen molar-refractivity contribution >= 4 is 17.7 Å². The molecule has 0 aliphatic carbocycles. The number of methoxy groups -OCH3 is 2. The number of ether oxygens (including phenoxy) is 2. The second kappa shape index (κ2) is 6.24. The predicted molar refractivity (Wildman–Crippen MR) is 71.1 cm³/mol. The Morgan fingerprint density at radius 2 is 2.05 bits per heavy atom. The fraction of sp³-hybridized carbons (Fsp3) is 0.250. The number of H-pyrrole nitrogens is 1. The summed E-state index contributed by atoms with van der Waals surface area (Å²) < 4.78 is 9.64. The third kappa shape index (κ3) is 3.47. The second-order valence-electron chi connectivity index (χ2n) is 3.56. The van der Waals surface area contributed by atoms with Crippen LogP contribution < -0.4 is 4.74 Å². The van der Waals surface area contributed by atoms with Gasteiger partial charge in [-0.1, -0.05) is 11.8 Å². The number of nitrogens with one attached hydrogen (secondary N) is 1. The maximum absolute atomic E-state index is 11.0. The van der Waals surface area contributed by atoms with Crippen LogP contribution in [0.4, 0.5) is 0 Å². The fourth-order valence-corrected chi connectivity index (χ4v) is 2.00. The van der Waals surface area contributed by atoms with Gasteiger partial charge < -0.3 is 9.47 Å². The minimum absolute atomic E-state index is 0.191. The highest BCUT2D eigenvalue weighted by Crippen LogP contribution is 2.21. The number of hydrogen-bond donors (Lipinski definition) is 1. The zero-order valence-corrected chi connectivity index (χ0v) is 11.4. The monoisotopic (exact) mass is 279 g/mol. The summed E-state index contributed by atoms with van der Waals surface area (Å²) in [6, 6.07) is 7.46. The SMILES string of the molecule is COC(=O)CSc1n[nH]c(-c2ccc(OC)cc2)n1. The lowest BCUT2D eigenvalue weighted by Crippen LogP contribution is -2.03. The number of thioether (sulfide) groups is 1. The molecule has 0 unspecified atom stereocenters. The van der Waals surface area contributed by atoms with E-state index in [1.165, 1.54) is 18.9 Å². The lowest BCUT2D eigenvalue weighted by molar-refractivity contribution is -0.137. The Kier molecular flexibility index (Phi) is 4.40. The molecule has 0 saturated carbocycles. The number of hydrogen-bond acceptors (Lipinski definition) is 6. The predicted octanol–water partition coefficient (Wildman–Crippen LogP) is 1.75. The van der Waals surface area contributed by atoms with Crippen LogP contribution in [0.3, 0.4) is 0 Å². The first kappa shape index (κ1) is 13.4. The average molecular weight is 279 g/mol. The summed E-state index contributed by atoms with van der Waals surface area (Å²) in [6.07, 6.45) is 0. The fourth-order valence-electron chi connectivity index (χ4n) is 1.37. The molecule has 0 radical (unpaired) electrons. The van der Waals surface area contributed by atoms with Gasteiger partial charge in [-0.3, -0.25) is 9.89 Å². The van der Waals surface area contributed by atoms with Gasteiger partial charge in [-0.2, -0.15) is 0 Å². The van der Waals surface area contributed by atoms with Crippen molar-refractivity contribution in [2.24, 2.45) is 0 Å². The van der Waals surface area contributed by atoms with Crippen molar-refractivity contribution < 1.29 is 14.3 Å². The first-order valence-corrected chi connectivity index (χ1v) is 6.48. The van der Waals surface area contributed by atoms with Crippen molar-refractivity contribution in [1.29, 1.82) is 0 Å². The second-order valence-corrected chi connectivity index (χ2v) is 4.50. The molecule has 19 heavy (non-hydrogen) atoms. The summed E-state index contributed by atoms with van der Waals surface area (Å²) in [7, 11) is 2.97. The quantitative estimate of drug-likeness (QED) is 0.663. The van der Waals surface area contributed by atoms with Gasteiger partial charge in [0.2, 0.25) is 5.16 Å². The molecule has 0 spiro atoms. The molecule has 0 atom stereocenters. The third-order valence-corrected chi connectivity index (χ3v) is 3.20. The van der Waals surface area contributed by atoms with Crippen molar-refractivity contribution in [1.82, 2.24) is 15.2 Å². The summed E-state index contributed by atoms with van der Waals surface area (Å²) >= 11 is 1.22. The molecule has 2 rings (SSSR count). The molecule has 0 amide bonds. The van der Waals surface area contributed by atoms with Gasteiger partial charge in [0, 0.05) is 5.56 Å². The zero-order valence-electron chi connectivity index (χ0n) is 10.5. The number of carbonyl (C=O) groups is 1. The van der Waals surface area contributed by atoms with Crippen molar-refractivity contribution in [3.05, 3.63) is 24.3 Å². The Morgan fingerprint density at radius 1 is 1.32 bits per heavy atom. The highest BCUT2D eigenvalue weighted by Gasteiger charge is 2.08. The normalized spacial score (nSPS) is 10.2. The van der Waals surface area contributed by atoms with E-state index in [0.717, 1.165) is 11.3 Å². The van der Waals surface area contributed by atoms with Crippen molar-refractivity contribution in [3.8, 4) is 17.1 Å². The zero-order chi connectivity index (χ0) is 13.7. The van der Waals surface area contributed by atoms with Crippen molar-refractivity contribution in [2.75, 3.05) is 20.0 Å². The number of aromatic nitrogens is 3. The van der Waals surface area contributed by atoms with E-state index in [1.54, 1.807) is 7.11 Å². The van der Waals surface area contributed by atoms with Crippen molar-refractivity contribution in [3.63, 3.8) is 0 Å². The summed E-state index contributed by atoms with van der Waals surface area (Å²) in [5.74, 6) is 1.32. The van der Waals surface area contributed by atoms with Gasteiger partial charge in [-0.05, 0) is 24.3 Å². The number of esters is 1. The van der Waals surface area contributed by atoms with Gasteiger partial charge in [0.25, 0.3) is 0 Å². The average Bonchev–Trinajstić information content (AvgIpc) is 2.93. The third-order valence-electron chi connectivity index (χ3n) is 2.38. The number of carbonyl (C=O) groups excluding carboxylic acids is 1. The van der Waals surface area contributed by atoms with Crippen LogP contribution in [0, 0.1) is 0 Å². The maximum Gasteiger partial charge on any atom is 0.316 e. The smallest absolute Gasteiger partial charge is 0.316 e. The molecule has 0 aliphatic heterocycles. The number of nitrogens with zero attached hydrogens (tertiary/aromatic N) is 2. The highest BCUT2D eigenvalue weighted by atomic mass is 32.2. The van der Waals surface area contributed by atoms with Crippen molar-refractivity contribution in [2.45, 2.75) is 5.16 Å². The summed E-state index contributed by atoms with van der Waals surface area (Å²) in [5.41, 5.74) is 0.901. The molecular formula is C12H13N3O3S. The Hall–Kier alpha value is -2.02. The summed E-state index contributed by atoms with van der Waals surface area (Å²) in [6.45, 7) is 0. The molecule has 100 valence electrons. The molecule has 1 N–H and O–H groups in total. The van der Waals surface area contributed by atoms with Crippen LogP contribution in [-0.4, -0.2) is 41.1 Å². The van der Waals surface area contributed by atoms with Crippen LogP contribution in [0.15, 0.2) is 29.4 Å². The van der Waals surface area contributed by atoms with E-state index in [4.69, 9.17) is 4.74 Å². The molecule has 0 bridgehead atoms. The van der Waals surface area contributed by atoms with Gasteiger partial charge in [0.1, 0.15) is 5.75 Å². The molecule has 6 nitrogen and oxygen atoms in total. The first-order chi connectivity index (χ1) is 9.22. The molecule has 1 aromatic carbocycles. The molecule has 1 heterocycles.